The van der Waals surface area contributed by atoms with Gasteiger partial charge in [-0.05, 0) is 38.3 Å². The Bertz CT molecular complexity index is 981. The molecule has 0 atom stereocenters. The van der Waals surface area contributed by atoms with Crippen molar-refractivity contribution >= 4 is 34.4 Å². The van der Waals surface area contributed by atoms with Gasteiger partial charge in [-0.15, -0.1) is 0 Å². The standard InChI is InChI=1S/C17H17ClN6O2/c1-9-11(14(25)19-5-10-6-20-16(18)21-7-10)12-13(24-17(2)3-4-17)22-8-23-15(12)26-9/h6-8H,3-5H2,1-2H3,(H,19,25)(H,22,23,24). The third kappa shape index (κ3) is 3.20. The molecule has 1 aliphatic carbocycles. The van der Waals surface area contributed by atoms with Crippen molar-refractivity contribution in [2.45, 2.75) is 38.8 Å². The van der Waals surface area contributed by atoms with Gasteiger partial charge in [0.1, 0.15) is 17.9 Å². The molecule has 1 saturated carbocycles. The number of amides is 1. The highest BCUT2D eigenvalue weighted by Gasteiger charge is 2.38. The van der Waals surface area contributed by atoms with E-state index in [1.807, 2.05) is 0 Å². The number of anilines is 1. The Kier molecular flexibility index (Phi) is 3.99. The Morgan fingerprint density at radius 3 is 2.69 bits per heavy atom. The molecule has 9 heteroatoms. The second-order valence-corrected chi connectivity index (χ2v) is 7.00. The molecule has 0 radical (unpaired) electrons. The number of rotatable bonds is 5. The van der Waals surface area contributed by atoms with E-state index in [0.717, 1.165) is 18.4 Å². The molecule has 0 bridgehead atoms. The number of nitrogens with zero attached hydrogens (tertiary/aromatic N) is 4. The quantitative estimate of drug-likeness (QED) is 0.663. The molecule has 1 fully saturated rings. The largest absolute Gasteiger partial charge is 0.442 e. The van der Waals surface area contributed by atoms with Crippen LogP contribution in [0.25, 0.3) is 11.1 Å². The second-order valence-electron chi connectivity index (χ2n) is 6.66. The van der Waals surface area contributed by atoms with Gasteiger partial charge in [0.2, 0.25) is 11.0 Å². The number of aryl methyl sites for hydroxylation is 1. The van der Waals surface area contributed by atoms with Crippen LogP contribution in [0.1, 0.15) is 41.4 Å². The lowest BCUT2D eigenvalue weighted by Crippen LogP contribution is -2.24. The summed E-state index contributed by atoms with van der Waals surface area (Å²) in [5, 5.41) is 7.02. The molecule has 0 aliphatic heterocycles. The number of halogens is 1. The molecule has 0 saturated heterocycles. The summed E-state index contributed by atoms with van der Waals surface area (Å²) >= 11 is 5.67. The third-order valence-electron chi connectivity index (χ3n) is 4.44. The minimum atomic E-state index is -0.269. The summed E-state index contributed by atoms with van der Waals surface area (Å²) in [6.07, 6.45) is 6.70. The van der Waals surface area contributed by atoms with E-state index in [1.165, 1.54) is 6.33 Å². The minimum absolute atomic E-state index is 0.0147. The summed E-state index contributed by atoms with van der Waals surface area (Å²) < 4.78 is 5.67. The van der Waals surface area contributed by atoms with Gasteiger partial charge in [0, 0.05) is 30.0 Å². The summed E-state index contributed by atoms with van der Waals surface area (Å²) in [6.45, 7) is 4.13. The number of hydrogen-bond acceptors (Lipinski definition) is 7. The highest BCUT2D eigenvalue weighted by Crippen LogP contribution is 2.40. The molecule has 4 rings (SSSR count). The zero-order valence-corrected chi connectivity index (χ0v) is 15.1. The summed E-state index contributed by atoms with van der Waals surface area (Å²) in [6, 6.07) is 0. The Labute approximate surface area is 154 Å². The molecular formula is C17H17ClN6O2. The van der Waals surface area contributed by atoms with Gasteiger partial charge < -0.3 is 15.1 Å². The molecule has 1 amide bonds. The number of carbonyl (C=O) groups excluding carboxylic acids is 1. The molecule has 2 N–H and O–H groups in total. The molecular weight excluding hydrogens is 356 g/mol. The van der Waals surface area contributed by atoms with Crippen LogP contribution in [0.3, 0.4) is 0 Å². The molecule has 0 aromatic carbocycles. The van der Waals surface area contributed by atoms with Gasteiger partial charge in [0.05, 0.1) is 10.9 Å². The van der Waals surface area contributed by atoms with Gasteiger partial charge in [-0.1, -0.05) is 0 Å². The van der Waals surface area contributed by atoms with Crippen molar-refractivity contribution in [1.82, 2.24) is 25.3 Å². The first-order valence-corrected chi connectivity index (χ1v) is 8.60. The van der Waals surface area contributed by atoms with E-state index in [1.54, 1.807) is 19.3 Å². The van der Waals surface area contributed by atoms with E-state index >= 15 is 0 Å². The zero-order chi connectivity index (χ0) is 18.3. The fraction of sp³-hybridized carbons (Fsp3) is 0.353. The van der Waals surface area contributed by atoms with Gasteiger partial charge in [-0.25, -0.2) is 19.9 Å². The Hall–Kier alpha value is -2.74. The van der Waals surface area contributed by atoms with Crippen LogP contribution >= 0.6 is 11.6 Å². The molecule has 8 nitrogen and oxygen atoms in total. The number of hydrogen-bond donors (Lipinski definition) is 2. The van der Waals surface area contributed by atoms with Crippen molar-refractivity contribution in [1.29, 1.82) is 0 Å². The maximum absolute atomic E-state index is 12.8. The average molecular weight is 373 g/mol. The SMILES string of the molecule is Cc1oc2ncnc(NC3(C)CC3)c2c1C(=O)NCc1cnc(Cl)nc1. The van der Waals surface area contributed by atoms with Crippen molar-refractivity contribution in [2.24, 2.45) is 0 Å². The van der Waals surface area contributed by atoms with Gasteiger partial charge in [0.25, 0.3) is 5.91 Å². The van der Waals surface area contributed by atoms with Crippen LogP contribution in [0.2, 0.25) is 5.28 Å². The van der Waals surface area contributed by atoms with E-state index in [0.29, 0.717) is 28.2 Å². The molecule has 0 unspecified atom stereocenters. The minimum Gasteiger partial charge on any atom is -0.442 e. The first-order chi connectivity index (χ1) is 12.5. The second kappa shape index (κ2) is 6.21. The van der Waals surface area contributed by atoms with E-state index in [2.05, 4.69) is 37.5 Å². The van der Waals surface area contributed by atoms with Crippen LogP contribution < -0.4 is 10.6 Å². The number of furan rings is 1. The van der Waals surface area contributed by atoms with Crippen molar-refractivity contribution in [3.8, 4) is 0 Å². The third-order valence-corrected chi connectivity index (χ3v) is 4.63. The van der Waals surface area contributed by atoms with Gasteiger partial charge >= 0.3 is 0 Å². The Morgan fingerprint density at radius 1 is 1.27 bits per heavy atom. The smallest absolute Gasteiger partial charge is 0.255 e. The molecule has 134 valence electrons. The maximum Gasteiger partial charge on any atom is 0.255 e. The number of carbonyl (C=O) groups is 1. The van der Waals surface area contributed by atoms with Crippen LogP contribution in [0.4, 0.5) is 5.82 Å². The number of aromatic nitrogens is 4. The van der Waals surface area contributed by atoms with Gasteiger partial charge in [0.15, 0.2) is 0 Å². The highest BCUT2D eigenvalue weighted by molar-refractivity contribution is 6.28. The topological polar surface area (TPSA) is 106 Å². The van der Waals surface area contributed by atoms with Gasteiger partial charge in [-0.2, -0.15) is 0 Å². The predicted octanol–water partition coefficient (Wildman–Crippen LogP) is 2.87. The van der Waals surface area contributed by atoms with E-state index in [4.69, 9.17) is 16.0 Å². The van der Waals surface area contributed by atoms with Gasteiger partial charge in [-0.3, -0.25) is 4.79 Å². The summed E-state index contributed by atoms with van der Waals surface area (Å²) in [5.74, 6) is 0.844. The highest BCUT2D eigenvalue weighted by atomic mass is 35.5. The van der Waals surface area contributed by atoms with E-state index < -0.39 is 0 Å². The van der Waals surface area contributed by atoms with Crippen molar-refractivity contribution < 1.29 is 9.21 Å². The zero-order valence-electron chi connectivity index (χ0n) is 14.3. The van der Waals surface area contributed by atoms with Crippen molar-refractivity contribution in [3.05, 3.63) is 40.9 Å². The van der Waals surface area contributed by atoms with Crippen LogP contribution in [0.5, 0.6) is 0 Å². The van der Waals surface area contributed by atoms with Crippen LogP contribution in [-0.2, 0) is 6.54 Å². The molecule has 3 aromatic rings. The first kappa shape index (κ1) is 16.7. The van der Waals surface area contributed by atoms with Crippen LogP contribution in [-0.4, -0.2) is 31.4 Å². The number of fused-ring (bicyclic) bond motifs is 1. The van der Waals surface area contributed by atoms with Crippen molar-refractivity contribution in [2.75, 3.05) is 5.32 Å². The van der Waals surface area contributed by atoms with Crippen molar-refractivity contribution in [3.63, 3.8) is 0 Å². The first-order valence-electron chi connectivity index (χ1n) is 8.22. The van der Waals surface area contributed by atoms with Crippen LogP contribution in [0.15, 0.2) is 23.1 Å². The monoisotopic (exact) mass is 372 g/mol. The summed E-state index contributed by atoms with van der Waals surface area (Å²) in [5.41, 5.74) is 1.58. The lowest BCUT2D eigenvalue weighted by Gasteiger charge is -2.13. The molecule has 26 heavy (non-hydrogen) atoms. The lowest BCUT2D eigenvalue weighted by molar-refractivity contribution is 0.0950. The summed E-state index contributed by atoms with van der Waals surface area (Å²) in [7, 11) is 0. The maximum atomic E-state index is 12.8. The molecule has 3 heterocycles. The molecule has 3 aromatic heterocycles. The fourth-order valence-electron chi connectivity index (χ4n) is 2.71. The number of nitrogens with one attached hydrogen (secondary N) is 2. The lowest BCUT2D eigenvalue weighted by atomic mass is 10.1. The molecule has 0 spiro atoms. The van der Waals surface area contributed by atoms with E-state index in [-0.39, 0.29) is 23.3 Å². The average Bonchev–Trinajstić information content (AvgIpc) is 3.23. The molecule has 1 aliphatic rings. The summed E-state index contributed by atoms with van der Waals surface area (Å²) in [4.78, 5) is 29.1. The van der Waals surface area contributed by atoms with E-state index in [9.17, 15) is 4.79 Å². The predicted molar refractivity (Wildman–Crippen MR) is 96.0 cm³/mol. The normalized spacial score (nSPS) is 15.0. The van der Waals surface area contributed by atoms with Crippen LogP contribution in [0, 0.1) is 6.92 Å². The Balaban J connectivity index is 1.63. The Morgan fingerprint density at radius 2 is 2.00 bits per heavy atom. The fourth-order valence-corrected chi connectivity index (χ4v) is 2.81.